The average molecular weight is 376 g/mol. The number of piperidine rings is 1. The molecule has 2 aromatic heterocycles. The summed E-state index contributed by atoms with van der Waals surface area (Å²) in [6.45, 7) is 3.82. The molecule has 1 saturated heterocycles. The SMILES string of the molecule is C[C@@H]1CCN(c2ccc(C#N)cn2)C[C@@H]1n1[nH]c(=O)c2c1C1C=CNC1N=N2. The molecule has 0 aliphatic carbocycles. The summed E-state index contributed by atoms with van der Waals surface area (Å²) in [4.78, 5) is 19.2. The van der Waals surface area contributed by atoms with Gasteiger partial charge in [0, 0.05) is 19.3 Å². The van der Waals surface area contributed by atoms with Gasteiger partial charge in [0.15, 0.2) is 11.9 Å². The molecule has 0 amide bonds. The number of H-pyrrole nitrogens is 1. The fourth-order valence-electron chi connectivity index (χ4n) is 4.29. The summed E-state index contributed by atoms with van der Waals surface area (Å²) in [7, 11) is 0. The normalized spacial score (nSPS) is 27.8. The van der Waals surface area contributed by atoms with Crippen molar-refractivity contribution in [1.29, 1.82) is 5.26 Å². The molecular weight excluding hydrogens is 356 g/mol. The van der Waals surface area contributed by atoms with Crippen LogP contribution in [0.5, 0.6) is 0 Å². The van der Waals surface area contributed by atoms with Crippen molar-refractivity contribution in [2.24, 2.45) is 16.1 Å². The minimum atomic E-state index is -0.196. The molecule has 1 fully saturated rings. The summed E-state index contributed by atoms with van der Waals surface area (Å²) in [5.41, 5.74) is 1.66. The van der Waals surface area contributed by atoms with Gasteiger partial charge in [0.2, 0.25) is 0 Å². The van der Waals surface area contributed by atoms with E-state index >= 15 is 0 Å². The van der Waals surface area contributed by atoms with Gasteiger partial charge in [-0.3, -0.25) is 14.6 Å². The molecule has 2 aromatic rings. The number of fused-ring (bicyclic) bond motifs is 3. The molecule has 0 aromatic carbocycles. The van der Waals surface area contributed by atoms with Crippen LogP contribution in [-0.2, 0) is 0 Å². The number of nitrogens with zero attached hydrogens (tertiary/aromatic N) is 6. The third-order valence-corrected chi connectivity index (χ3v) is 5.90. The van der Waals surface area contributed by atoms with Gasteiger partial charge in [0.05, 0.1) is 23.2 Å². The van der Waals surface area contributed by atoms with Gasteiger partial charge in [0.1, 0.15) is 11.9 Å². The number of azo groups is 1. The minimum absolute atomic E-state index is 0.00191. The Balaban J connectivity index is 1.50. The highest BCUT2D eigenvalue weighted by Crippen LogP contribution is 2.39. The average Bonchev–Trinajstić information content (AvgIpc) is 3.33. The number of aromatic amines is 1. The van der Waals surface area contributed by atoms with E-state index in [1.807, 2.05) is 23.0 Å². The van der Waals surface area contributed by atoms with Crippen LogP contribution in [0.1, 0.15) is 36.6 Å². The summed E-state index contributed by atoms with van der Waals surface area (Å²) in [6.07, 6.45) is 6.35. The number of aromatic nitrogens is 3. The second kappa shape index (κ2) is 6.34. The van der Waals surface area contributed by atoms with E-state index in [2.05, 4.69) is 43.5 Å². The third kappa shape index (κ3) is 2.52. The van der Waals surface area contributed by atoms with Crippen molar-refractivity contribution in [3.8, 4) is 6.07 Å². The number of nitrogens with one attached hydrogen (secondary N) is 2. The molecule has 142 valence electrons. The summed E-state index contributed by atoms with van der Waals surface area (Å²) in [5, 5.41) is 23.6. The minimum Gasteiger partial charge on any atom is -0.368 e. The lowest BCUT2D eigenvalue weighted by molar-refractivity contribution is 0.268. The van der Waals surface area contributed by atoms with Crippen molar-refractivity contribution in [2.45, 2.75) is 31.5 Å². The van der Waals surface area contributed by atoms with Crippen molar-refractivity contribution >= 4 is 11.5 Å². The summed E-state index contributed by atoms with van der Waals surface area (Å²) < 4.78 is 2.01. The van der Waals surface area contributed by atoms with Crippen LogP contribution < -0.4 is 15.8 Å². The first-order valence-electron chi connectivity index (χ1n) is 9.45. The number of anilines is 1. The summed E-state index contributed by atoms with van der Waals surface area (Å²) in [5.74, 6) is 1.23. The van der Waals surface area contributed by atoms with Crippen LogP contribution in [0.2, 0.25) is 0 Å². The van der Waals surface area contributed by atoms with Gasteiger partial charge >= 0.3 is 0 Å². The molecule has 0 radical (unpaired) electrons. The van der Waals surface area contributed by atoms with Crippen LogP contribution in [0.25, 0.3) is 0 Å². The Labute approximate surface area is 161 Å². The van der Waals surface area contributed by atoms with Crippen LogP contribution >= 0.6 is 0 Å². The Bertz CT molecular complexity index is 1060. The van der Waals surface area contributed by atoms with Crippen molar-refractivity contribution in [1.82, 2.24) is 20.1 Å². The molecule has 28 heavy (non-hydrogen) atoms. The van der Waals surface area contributed by atoms with Crippen molar-refractivity contribution in [3.05, 3.63) is 52.2 Å². The summed E-state index contributed by atoms with van der Waals surface area (Å²) >= 11 is 0. The van der Waals surface area contributed by atoms with E-state index in [4.69, 9.17) is 5.26 Å². The Hall–Kier alpha value is -3.41. The highest BCUT2D eigenvalue weighted by atomic mass is 16.1. The van der Waals surface area contributed by atoms with Gasteiger partial charge in [0.25, 0.3) is 5.56 Å². The number of hydrogen-bond donors (Lipinski definition) is 2. The van der Waals surface area contributed by atoms with Gasteiger partial charge in [-0.15, -0.1) is 5.11 Å². The smallest absolute Gasteiger partial charge is 0.292 e. The molecule has 3 aliphatic rings. The lowest BCUT2D eigenvalue weighted by Crippen LogP contribution is -2.42. The first-order chi connectivity index (χ1) is 13.7. The van der Waals surface area contributed by atoms with E-state index in [1.165, 1.54) is 0 Å². The summed E-state index contributed by atoms with van der Waals surface area (Å²) in [6, 6.07) is 5.86. The molecule has 9 heteroatoms. The molecule has 5 rings (SSSR count). The monoisotopic (exact) mass is 376 g/mol. The Kier molecular flexibility index (Phi) is 3.79. The van der Waals surface area contributed by atoms with Crippen LogP contribution in [-0.4, -0.2) is 34.0 Å². The van der Waals surface area contributed by atoms with Crippen molar-refractivity contribution in [3.63, 3.8) is 0 Å². The van der Waals surface area contributed by atoms with E-state index in [0.717, 1.165) is 31.0 Å². The number of pyridine rings is 1. The first-order valence-corrected chi connectivity index (χ1v) is 9.45. The quantitative estimate of drug-likeness (QED) is 0.833. The molecule has 9 nitrogen and oxygen atoms in total. The lowest BCUT2D eigenvalue weighted by Gasteiger charge is -2.39. The maximum Gasteiger partial charge on any atom is 0.292 e. The predicted octanol–water partition coefficient (Wildman–Crippen LogP) is 2.15. The highest BCUT2D eigenvalue weighted by Gasteiger charge is 2.38. The number of hydrogen-bond acceptors (Lipinski definition) is 7. The van der Waals surface area contributed by atoms with E-state index in [9.17, 15) is 4.79 Å². The second-order valence-electron chi connectivity index (χ2n) is 7.55. The zero-order chi connectivity index (χ0) is 19.3. The van der Waals surface area contributed by atoms with Gasteiger partial charge in [-0.25, -0.2) is 4.98 Å². The third-order valence-electron chi connectivity index (χ3n) is 5.90. The highest BCUT2D eigenvalue weighted by molar-refractivity contribution is 5.48. The zero-order valence-corrected chi connectivity index (χ0v) is 15.4. The predicted molar refractivity (Wildman–Crippen MR) is 102 cm³/mol. The van der Waals surface area contributed by atoms with Crippen LogP contribution in [0.3, 0.4) is 0 Å². The lowest BCUT2D eigenvalue weighted by atomic mass is 9.92. The van der Waals surface area contributed by atoms with Crippen LogP contribution in [0.4, 0.5) is 11.5 Å². The molecule has 2 unspecified atom stereocenters. The Morgan fingerprint density at radius 3 is 3.04 bits per heavy atom. The van der Waals surface area contributed by atoms with E-state index in [1.54, 1.807) is 12.3 Å². The maximum atomic E-state index is 12.5. The van der Waals surface area contributed by atoms with Gasteiger partial charge in [-0.2, -0.15) is 10.4 Å². The largest absolute Gasteiger partial charge is 0.368 e. The molecule has 2 N–H and O–H groups in total. The molecular formula is C19H20N8O. The van der Waals surface area contributed by atoms with Gasteiger partial charge in [-0.05, 0) is 30.7 Å². The standard InChI is InChI=1S/C19H20N8O/c1-11-5-7-26(15-3-2-12(8-20)9-22-15)10-14(11)27-17-13-4-6-21-18(13)24-23-16(17)19(28)25-27/h2-4,6,9,11,13-14,18,21H,5,7,10H2,1H3,(H,25,28)/t11-,13?,14+,18?/m1/s1. The Morgan fingerprint density at radius 2 is 2.25 bits per heavy atom. The zero-order valence-electron chi connectivity index (χ0n) is 15.4. The topological polar surface area (TPSA) is 114 Å². The van der Waals surface area contributed by atoms with Gasteiger partial charge < -0.3 is 10.2 Å². The van der Waals surface area contributed by atoms with Crippen molar-refractivity contribution in [2.75, 3.05) is 18.0 Å². The van der Waals surface area contributed by atoms with Gasteiger partial charge in [-0.1, -0.05) is 13.0 Å². The molecule has 0 saturated carbocycles. The van der Waals surface area contributed by atoms with Crippen molar-refractivity contribution < 1.29 is 0 Å². The fourth-order valence-corrected chi connectivity index (χ4v) is 4.29. The molecule has 0 bridgehead atoms. The molecule has 0 spiro atoms. The molecule has 4 atom stereocenters. The molecule has 5 heterocycles. The Morgan fingerprint density at radius 1 is 1.36 bits per heavy atom. The number of nitriles is 1. The number of rotatable bonds is 2. The van der Waals surface area contributed by atoms with E-state index in [0.29, 0.717) is 17.2 Å². The fraction of sp³-hybridized carbons (Fsp3) is 0.421. The van der Waals surface area contributed by atoms with Crippen LogP contribution in [0.15, 0.2) is 45.6 Å². The van der Waals surface area contributed by atoms with E-state index in [-0.39, 0.29) is 23.7 Å². The molecule has 3 aliphatic heterocycles. The van der Waals surface area contributed by atoms with Crippen LogP contribution in [0, 0.1) is 17.2 Å². The second-order valence-corrected chi connectivity index (χ2v) is 7.55. The maximum absolute atomic E-state index is 12.5. The van der Waals surface area contributed by atoms with E-state index < -0.39 is 0 Å². The first kappa shape index (κ1) is 16.7.